The fraction of sp³-hybridized carbons (Fsp3) is 0.263. The van der Waals surface area contributed by atoms with Gasteiger partial charge in [-0.2, -0.15) is 13.2 Å². The molecule has 1 amide bonds. The van der Waals surface area contributed by atoms with Gasteiger partial charge in [0.15, 0.2) is 0 Å². The molecular formula is C19H17F3N4O5. The maximum atomic E-state index is 12.5. The lowest BCUT2D eigenvalue weighted by atomic mass is 10.1. The molecule has 0 fully saturated rings. The number of carboxylic acids is 1. The van der Waals surface area contributed by atoms with Crippen LogP contribution in [0, 0.1) is 0 Å². The predicted molar refractivity (Wildman–Crippen MR) is 98.0 cm³/mol. The Morgan fingerprint density at radius 2 is 2.06 bits per heavy atom. The van der Waals surface area contributed by atoms with E-state index in [-0.39, 0.29) is 12.5 Å². The number of carbonyl (C=O) groups excluding carboxylic acids is 1. The van der Waals surface area contributed by atoms with Gasteiger partial charge < -0.3 is 24.3 Å². The molecule has 164 valence electrons. The van der Waals surface area contributed by atoms with Crippen LogP contribution in [0.25, 0.3) is 0 Å². The van der Waals surface area contributed by atoms with Crippen molar-refractivity contribution < 1.29 is 37.1 Å². The van der Waals surface area contributed by atoms with Gasteiger partial charge in [-0.3, -0.25) is 9.78 Å². The zero-order valence-corrected chi connectivity index (χ0v) is 15.9. The number of nitrogens with one attached hydrogen (secondary N) is 1. The van der Waals surface area contributed by atoms with Crippen LogP contribution in [0.15, 0.2) is 47.4 Å². The number of ether oxygens (including phenoxy) is 1. The van der Waals surface area contributed by atoms with E-state index in [4.69, 9.17) is 19.2 Å². The van der Waals surface area contributed by atoms with Gasteiger partial charge in [-0.25, -0.2) is 4.79 Å². The number of halogens is 3. The molecule has 12 heteroatoms. The molecule has 0 aliphatic carbocycles. The summed E-state index contributed by atoms with van der Waals surface area (Å²) in [5, 5.41) is 11.2. The normalized spacial score (nSPS) is 13.1. The Balaban J connectivity index is 0.000000339. The van der Waals surface area contributed by atoms with Crippen LogP contribution in [0.2, 0.25) is 0 Å². The Morgan fingerprint density at radius 1 is 1.29 bits per heavy atom. The number of carboxylic acid groups (broad SMARTS) is 1. The van der Waals surface area contributed by atoms with Crippen LogP contribution < -0.4 is 4.74 Å². The topological polar surface area (TPSA) is 122 Å². The van der Waals surface area contributed by atoms with Crippen LogP contribution in [0.1, 0.15) is 27.5 Å². The summed E-state index contributed by atoms with van der Waals surface area (Å²) < 4.78 is 42.8. The fourth-order valence-electron chi connectivity index (χ4n) is 2.77. The molecule has 0 aromatic carbocycles. The van der Waals surface area contributed by atoms with E-state index in [2.05, 4.69) is 15.1 Å². The number of nitrogens with zero attached hydrogens (tertiary/aromatic N) is 3. The number of alkyl halides is 3. The van der Waals surface area contributed by atoms with E-state index >= 15 is 0 Å². The third kappa shape index (κ3) is 5.62. The first-order chi connectivity index (χ1) is 14.8. The minimum Gasteiger partial charge on any atom is -0.486 e. The molecule has 0 radical (unpaired) electrons. The smallest absolute Gasteiger partial charge is 0.486 e. The van der Waals surface area contributed by atoms with Gasteiger partial charge in [-0.15, -0.1) is 0 Å². The molecule has 1 aliphatic rings. The number of aliphatic carboxylic acids is 1. The lowest BCUT2D eigenvalue weighted by Gasteiger charge is -2.25. The highest BCUT2D eigenvalue weighted by atomic mass is 19.4. The number of aromatic nitrogens is 3. The molecule has 0 atom stereocenters. The summed E-state index contributed by atoms with van der Waals surface area (Å²) in [5.41, 5.74) is 2.24. The van der Waals surface area contributed by atoms with Crippen molar-refractivity contribution in [3.05, 3.63) is 65.6 Å². The Kier molecular flexibility index (Phi) is 6.58. The Labute approximate surface area is 173 Å². The van der Waals surface area contributed by atoms with E-state index in [1.165, 1.54) is 0 Å². The molecule has 0 unspecified atom stereocenters. The van der Waals surface area contributed by atoms with Crippen molar-refractivity contribution in [2.45, 2.75) is 25.7 Å². The first-order valence-corrected chi connectivity index (χ1v) is 8.97. The van der Waals surface area contributed by atoms with E-state index in [9.17, 15) is 18.0 Å². The lowest BCUT2D eigenvalue weighted by Crippen LogP contribution is -2.36. The van der Waals surface area contributed by atoms with E-state index in [0.717, 1.165) is 17.0 Å². The van der Waals surface area contributed by atoms with Crippen molar-refractivity contribution in [1.29, 1.82) is 0 Å². The molecule has 4 heterocycles. The van der Waals surface area contributed by atoms with Gasteiger partial charge in [0.25, 0.3) is 5.91 Å². The van der Waals surface area contributed by atoms with Crippen LogP contribution in [0.3, 0.4) is 0 Å². The number of aromatic amines is 1. The maximum Gasteiger partial charge on any atom is 0.490 e. The second-order valence-corrected chi connectivity index (χ2v) is 6.37. The molecule has 0 bridgehead atoms. The van der Waals surface area contributed by atoms with Crippen molar-refractivity contribution in [2.75, 3.05) is 6.54 Å². The SMILES string of the molecule is O=C(O)C(F)(F)F.O=C(c1ccc[nH]1)N1CCc2onc(COc3cccnc3)c2C1. The van der Waals surface area contributed by atoms with Gasteiger partial charge in [0, 0.05) is 30.9 Å². The first kappa shape index (κ1) is 21.9. The predicted octanol–water partition coefficient (Wildman–Crippen LogP) is 2.81. The van der Waals surface area contributed by atoms with Gasteiger partial charge >= 0.3 is 12.1 Å². The molecule has 2 N–H and O–H groups in total. The monoisotopic (exact) mass is 438 g/mol. The second-order valence-electron chi connectivity index (χ2n) is 6.37. The number of H-pyrrole nitrogens is 1. The molecular weight excluding hydrogens is 421 g/mol. The van der Waals surface area contributed by atoms with Crippen LogP contribution in [-0.2, 0) is 24.4 Å². The van der Waals surface area contributed by atoms with Gasteiger partial charge in [-0.1, -0.05) is 5.16 Å². The highest BCUT2D eigenvalue weighted by Gasteiger charge is 2.38. The quantitative estimate of drug-likeness (QED) is 0.642. The van der Waals surface area contributed by atoms with Gasteiger partial charge in [0.2, 0.25) is 0 Å². The summed E-state index contributed by atoms with van der Waals surface area (Å²) in [4.78, 5) is 30.1. The molecule has 3 aromatic rings. The number of hydrogen-bond donors (Lipinski definition) is 2. The number of pyridine rings is 1. The zero-order chi connectivity index (χ0) is 22.4. The van der Waals surface area contributed by atoms with Gasteiger partial charge in [0.05, 0.1) is 12.7 Å². The van der Waals surface area contributed by atoms with Crippen LogP contribution >= 0.6 is 0 Å². The number of rotatable bonds is 4. The number of amides is 1. The maximum absolute atomic E-state index is 12.5. The van der Waals surface area contributed by atoms with Crippen LogP contribution in [0.5, 0.6) is 5.75 Å². The summed E-state index contributed by atoms with van der Waals surface area (Å²) in [5.74, 6) is -1.28. The Hall–Kier alpha value is -3.83. The minimum absolute atomic E-state index is 0.0222. The summed E-state index contributed by atoms with van der Waals surface area (Å²) in [6.07, 6.45) is 0.652. The summed E-state index contributed by atoms with van der Waals surface area (Å²) >= 11 is 0. The third-order valence-corrected chi connectivity index (χ3v) is 4.28. The Morgan fingerprint density at radius 3 is 2.68 bits per heavy atom. The summed E-state index contributed by atoms with van der Waals surface area (Å²) in [6.45, 7) is 1.38. The second kappa shape index (κ2) is 9.32. The largest absolute Gasteiger partial charge is 0.490 e. The Bertz CT molecular complexity index is 1020. The van der Waals surface area contributed by atoms with Crippen molar-refractivity contribution in [1.82, 2.24) is 20.0 Å². The number of carbonyl (C=O) groups is 2. The van der Waals surface area contributed by atoms with Crippen molar-refractivity contribution in [3.63, 3.8) is 0 Å². The van der Waals surface area contributed by atoms with E-state index < -0.39 is 12.1 Å². The third-order valence-electron chi connectivity index (χ3n) is 4.28. The fourth-order valence-corrected chi connectivity index (χ4v) is 2.77. The van der Waals surface area contributed by atoms with Gasteiger partial charge in [-0.05, 0) is 24.3 Å². The van der Waals surface area contributed by atoms with E-state index in [0.29, 0.717) is 31.0 Å². The molecule has 0 spiro atoms. The highest BCUT2D eigenvalue weighted by molar-refractivity contribution is 5.92. The first-order valence-electron chi connectivity index (χ1n) is 8.97. The highest BCUT2D eigenvalue weighted by Crippen LogP contribution is 2.24. The average molecular weight is 438 g/mol. The zero-order valence-electron chi connectivity index (χ0n) is 15.9. The molecule has 9 nitrogen and oxygen atoms in total. The van der Waals surface area contributed by atoms with Crippen LogP contribution in [-0.4, -0.2) is 49.7 Å². The molecule has 4 rings (SSSR count). The number of fused-ring (bicyclic) bond motifs is 1. The minimum atomic E-state index is -5.08. The van der Waals surface area contributed by atoms with Crippen LogP contribution in [0.4, 0.5) is 13.2 Å². The molecule has 1 aliphatic heterocycles. The van der Waals surface area contributed by atoms with Crippen molar-refractivity contribution >= 4 is 11.9 Å². The van der Waals surface area contributed by atoms with Crippen molar-refractivity contribution in [2.24, 2.45) is 0 Å². The lowest BCUT2D eigenvalue weighted by molar-refractivity contribution is -0.192. The standard InChI is InChI=1S/C17H16N4O3.C2HF3O2/c22-17(14-4-2-7-19-14)21-8-5-16-13(10-21)15(20-24-16)11-23-12-3-1-6-18-9-12;3-2(4,5)1(6)7/h1-4,6-7,9,19H,5,8,10-11H2;(H,6,7). The average Bonchev–Trinajstić information content (AvgIpc) is 3.42. The van der Waals surface area contributed by atoms with E-state index in [1.54, 1.807) is 29.6 Å². The summed E-state index contributed by atoms with van der Waals surface area (Å²) in [6, 6.07) is 7.23. The van der Waals surface area contributed by atoms with Gasteiger partial charge in [0.1, 0.15) is 29.5 Å². The van der Waals surface area contributed by atoms with Crippen molar-refractivity contribution in [3.8, 4) is 5.75 Å². The molecule has 3 aromatic heterocycles. The van der Waals surface area contributed by atoms with E-state index in [1.807, 2.05) is 18.2 Å². The molecule has 0 saturated heterocycles. The molecule has 31 heavy (non-hydrogen) atoms. The summed E-state index contributed by atoms with van der Waals surface area (Å²) in [7, 11) is 0. The molecule has 0 saturated carbocycles. The number of hydrogen-bond acceptors (Lipinski definition) is 6.